The van der Waals surface area contributed by atoms with Crippen molar-refractivity contribution in [2.75, 3.05) is 19.7 Å². The Morgan fingerprint density at radius 2 is 1.92 bits per heavy atom. The maximum Gasteiger partial charge on any atom is 0.270 e. The minimum Gasteiger partial charge on any atom is -0.486 e. The van der Waals surface area contributed by atoms with Crippen molar-refractivity contribution < 1.29 is 14.3 Å². The minimum absolute atomic E-state index is 0.0267. The van der Waals surface area contributed by atoms with Gasteiger partial charge in [-0.15, -0.1) is 0 Å². The molecular weight excluding hydrogens is 316 g/mol. The highest BCUT2D eigenvalue weighted by atomic mass is 16.6. The highest BCUT2D eigenvalue weighted by molar-refractivity contribution is 5.98. The number of amides is 1. The maximum atomic E-state index is 12.9. The van der Waals surface area contributed by atoms with Crippen LogP contribution >= 0.6 is 0 Å². The zero-order valence-corrected chi connectivity index (χ0v) is 14.1. The van der Waals surface area contributed by atoms with E-state index in [1.165, 1.54) is 0 Å². The first-order valence-electron chi connectivity index (χ1n) is 8.50. The molecule has 0 saturated carbocycles. The van der Waals surface area contributed by atoms with Crippen LogP contribution in [0.25, 0.3) is 10.9 Å². The van der Waals surface area contributed by atoms with Crippen LogP contribution in [0.5, 0.6) is 11.5 Å². The summed E-state index contributed by atoms with van der Waals surface area (Å²) < 4.78 is 11.7. The topological polar surface area (TPSA) is 54.6 Å². The fraction of sp³-hybridized carbons (Fsp3) is 0.250. The number of aromatic nitrogens is 1. The Morgan fingerprint density at radius 1 is 1.16 bits per heavy atom. The number of nitrogens with one attached hydrogen (secondary N) is 1. The van der Waals surface area contributed by atoms with E-state index in [1.54, 1.807) is 4.90 Å². The number of benzene rings is 2. The molecule has 0 radical (unpaired) electrons. The Bertz CT molecular complexity index is 870. The number of carbonyl (C=O) groups excluding carboxylic acids is 1. The number of fused-ring (bicyclic) bond motifs is 2. The van der Waals surface area contributed by atoms with E-state index in [2.05, 4.69) is 4.98 Å². The first-order valence-corrected chi connectivity index (χ1v) is 8.50. The Kier molecular flexibility index (Phi) is 4.06. The van der Waals surface area contributed by atoms with Gasteiger partial charge in [0.1, 0.15) is 12.3 Å². The van der Waals surface area contributed by atoms with Crippen molar-refractivity contribution in [1.29, 1.82) is 0 Å². The van der Waals surface area contributed by atoms with E-state index >= 15 is 0 Å². The van der Waals surface area contributed by atoms with Crippen molar-refractivity contribution >= 4 is 16.8 Å². The van der Waals surface area contributed by atoms with Crippen LogP contribution in [0.4, 0.5) is 0 Å². The Balaban J connectivity index is 1.49. The molecule has 2 aromatic carbocycles. The monoisotopic (exact) mass is 336 g/mol. The molecule has 0 bridgehead atoms. The predicted molar refractivity (Wildman–Crippen MR) is 96.2 cm³/mol. The Labute approximate surface area is 146 Å². The average molecular weight is 336 g/mol. The van der Waals surface area contributed by atoms with E-state index in [0.717, 1.165) is 22.4 Å². The molecule has 0 spiro atoms. The van der Waals surface area contributed by atoms with Crippen LogP contribution in [0.3, 0.4) is 0 Å². The number of nitrogens with zero attached hydrogens (tertiary/aromatic N) is 1. The van der Waals surface area contributed by atoms with Crippen LogP contribution in [0, 0.1) is 0 Å². The largest absolute Gasteiger partial charge is 0.486 e. The summed E-state index contributed by atoms with van der Waals surface area (Å²) in [5, 5.41) is 1.04. The lowest BCUT2D eigenvalue weighted by atomic mass is 10.2. The van der Waals surface area contributed by atoms with Crippen molar-refractivity contribution in [2.45, 2.75) is 13.0 Å². The predicted octanol–water partition coefficient (Wildman–Crippen LogP) is 3.47. The normalized spacial score (nSPS) is 16.0. The van der Waals surface area contributed by atoms with E-state index in [0.29, 0.717) is 25.4 Å². The van der Waals surface area contributed by atoms with E-state index in [-0.39, 0.29) is 12.0 Å². The summed E-state index contributed by atoms with van der Waals surface area (Å²) >= 11 is 0. The highest BCUT2D eigenvalue weighted by Crippen LogP contribution is 2.31. The molecular formula is C20H20N2O3. The molecule has 1 N–H and O–H groups in total. The van der Waals surface area contributed by atoms with Gasteiger partial charge in [0.2, 0.25) is 0 Å². The summed E-state index contributed by atoms with van der Waals surface area (Å²) in [6.45, 7) is 3.50. The van der Waals surface area contributed by atoms with E-state index in [1.807, 2.05) is 61.5 Å². The first kappa shape index (κ1) is 15.6. The van der Waals surface area contributed by atoms with Crippen LogP contribution in [-0.4, -0.2) is 41.6 Å². The average Bonchev–Trinajstić information content (AvgIpc) is 3.09. The zero-order valence-electron chi connectivity index (χ0n) is 14.1. The molecule has 1 unspecified atom stereocenters. The van der Waals surface area contributed by atoms with E-state index < -0.39 is 0 Å². The van der Waals surface area contributed by atoms with Gasteiger partial charge in [0.05, 0.1) is 6.54 Å². The fourth-order valence-electron chi connectivity index (χ4n) is 3.11. The summed E-state index contributed by atoms with van der Waals surface area (Å²) in [6, 6.07) is 17.4. The number of aromatic amines is 1. The van der Waals surface area contributed by atoms with Crippen LogP contribution in [0.1, 0.15) is 17.4 Å². The molecule has 1 amide bonds. The molecule has 1 aromatic heterocycles. The van der Waals surface area contributed by atoms with Gasteiger partial charge in [-0.25, -0.2) is 0 Å². The van der Waals surface area contributed by atoms with Crippen molar-refractivity contribution in [3.63, 3.8) is 0 Å². The lowest BCUT2D eigenvalue weighted by Crippen LogP contribution is -2.43. The number of H-pyrrole nitrogens is 1. The van der Waals surface area contributed by atoms with Crippen LogP contribution in [-0.2, 0) is 0 Å². The molecule has 4 rings (SSSR count). The lowest BCUT2D eigenvalue weighted by Gasteiger charge is -2.30. The molecule has 2 heterocycles. The van der Waals surface area contributed by atoms with Crippen molar-refractivity contribution in [3.8, 4) is 11.5 Å². The van der Waals surface area contributed by atoms with Crippen molar-refractivity contribution in [1.82, 2.24) is 9.88 Å². The van der Waals surface area contributed by atoms with Gasteiger partial charge in [0, 0.05) is 17.4 Å². The molecule has 128 valence electrons. The van der Waals surface area contributed by atoms with Gasteiger partial charge in [0.15, 0.2) is 17.6 Å². The number of likely N-dealkylation sites (N-methyl/N-ethyl adjacent to an activating group) is 1. The highest BCUT2D eigenvalue weighted by Gasteiger charge is 2.25. The molecule has 0 saturated heterocycles. The summed E-state index contributed by atoms with van der Waals surface area (Å²) in [5.74, 6) is 1.46. The third-order valence-corrected chi connectivity index (χ3v) is 4.42. The van der Waals surface area contributed by atoms with Crippen molar-refractivity contribution in [3.05, 3.63) is 60.3 Å². The standard InChI is InChI=1S/C20H20N2O3/c1-2-22(12-15-13-24-18-9-5-6-10-19(18)25-15)20(23)17-11-14-7-3-4-8-16(14)21-17/h3-11,15,21H,2,12-13H2,1H3. The molecule has 0 fully saturated rings. The number of para-hydroxylation sites is 3. The van der Waals surface area contributed by atoms with Gasteiger partial charge in [-0.1, -0.05) is 30.3 Å². The minimum atomic E-state index is -0.178. The molecule has 3 aromatic rings. The summed E-state index contributed by atoms with van der Waals surface area (Å²) in [5.41, 5.74) is 1.56. The third kappa shape index (κ3) is 3.05. The van der Waals surface area contributed by atoms with Crippen LogP contribution in [0.2, 0.25) is 0 Å². The summed E-state index contributed by atoms with van der Waals surface area (Å²) in [4.78, 5) is 17.8. The number of hydrogen-bond acceptors (Lipinski definition) is 3. The van der Waals surface area contributed by atoms with Crippen molar-refractivity contribution in [2.24, 2.45) is 0 Å². The van der Waals surface area contributed by atoms with Crippen LogP contribution < -0.4 is 9.47 Å². The lowest BCUT2D eigenvalue weighted by molar-refractivity contribution is 0.0472. The number of rotatable bonds is 4. The SMILES string of the molecule is CCN(CC1COc2ccccc2O1)C(=O)c1cc2ccccc2[nH]1. The van der Waals surface area contributed by atoms with Gasteiger partial charge in [0.25, 0.3) is 5.91 Å². The van der Waals surface area contributed by atoms with Gasteiger partial charge < -0.3 is 19.4 Å². The summed E-state index contributed by atoms with van der Waals surface area (Å²) in [7, 11) is 0. The van der Waals surface area contributed by atoms with Gasteiger partial charge in [-0.2, -0.15) is 0 Å². The summed E-state index contributed by atoms with van der Waals surface area (Å²) in [6.07, 6.45) is -0.178. The molecule has 5 nitrogen and oxygen atoms in total. The number of ether oxygens (including phenoxy) is 2. The maximum absolute atomic E-state index is 12.9. The van der Waals surface area contributed by atoms with E-state index in [4.69, 9.17) is 9.47 Å². The van der Waals surface area contributed by atoms with Gasteiger partial charge in [-0.05, 0) is 31.2 Å². The second kappa shape index (κ2) is 6.51. The quantitative estimate of drug-likeness (QED) is 0.794. The molecule has 1 aliphatic heterocycles. The van der Waals surface area contributed by atoms with E-state index in [9.17, 15) is 4.79 Å². The molecule has 1 aliphatic rings. The molecule has 1 atom stereocenters. The Hall–Kier alpha value is -2.95. The third-order valence-electron chi connectivity index (χ3n) is 4.42. The van der Waals surface area contributed by atoms with Gasteiger partial charge >= 0.3 is 0 Å². The van der Waals surface area contributed by atoms with Gasteiger partial charge in [-0.3, -0.25) is 4.79 Å². The first-order chi connectivity index (χ1) is 12.2. The second-order valence-electron chi connectivity index (χ2n) is 6.11. The fourth-order valence-corrected chi connectivity index (χ4v) is 3.11. The molecule has 0 aliphatic carbocycles. The Morgan fingerprint density at radius 3 is 2.72 bits per heavy atom. The van der Waals surface area contributed by atoms with Crippen LogP contribution in [0.15, 0.2) is 54.6 Å². The number of hydrogen-bond donors (Lipinski definition) is 1. The smallest absolute Gasteiger partial charge is 0.270 e. The molecule has 25 heavy (non-hydrogen) atoms. The second-order valence-corrected chi connectivity index (χ2v) is 6.11. The molecule has 5 heteroatoms. The zero-order chi connectivity index (χ0) is 17.2. The number of carbonyl (C=O) groups is 1.